The van der Waals surface area contributed by atoms with Crippen LogP contribution < -0.4 is 5.73 Å². The Morgan fingerprint density at radius 2 is 1.58 bits per heavy atom. The lowest BCUT2D eigenvalue weighted by molar-refractivity contribution is -0.152. The van der Waals surface area contributed by atoms with Gasteiger partial charge in [-0.15, -0.1) is 0 Å². The maximum atomic E-state index is 10.5. The Hall–Kier alpha value is -2.20. The fraction of sp³-hybridized carbons (Fsp3) is 0.412. The number of benzene rings is 1. The number of nitrogens with zero attached hydrogens (tertiary/aromatic N) is 1. The number of nitrogens with two attached hydrogens (primary N) is 1. The molecule has 0 bridgehead atoms. The lowest BCUT2D eigenvalue weighted by Gasteiger charge is -2.05. The Morgan fingerprint density at radius 3 is 1.92 bits per heavy atom. The zero-order valence-electron chi connectivity index (χ0n) is 13.2. The van der Waals surface area contributed by atoms with E-state index >= 15 is 0 Å². The van der Waals surface area contributed by atoms with E-state index in [-0.39, 0.29) is 12.8 Å². The lowest BCUT2D eigenvalue weighted by Crippen LogP contribution is -2.02. The van der Waals surface area contributed by atoms with Crippen LogP contribution >= 0.6 is 15.9 Å². The third kappa shape index (κ3) is 7.88. The van der Waals surface area contributed by atoms with Gasteiger partial charge >= 0.3 is 11.9 Å². The van der Waals surface area contributed by atoms with Crippen molar-refractivity contribution in [1.29, 1.82) is 5.26 Å². The van der Waals surface area contributed by atoms with Gasteiger partial charge in [0, 0.05) is 23.0 Å². The molecule has 0 radical (unpaired) electrons. The predicted octanol–water partition coefficient (Wildman–Crippen LogP) is 3.27. The van der Waals surface area contributed by atoms with Crippen molar-refractivity contribution in [3.63, 3.8) is 0 Å². The fourth-order valence-electron chi connectivity index (χ4n) is 2.00. The molecule has 2 fully saturated rings. The monoisotopic (exact) mass is 394 g/mol. The number of carbonyl (C=O) groups excluding carboxylic acids is 3. The molecule has 0 unspecified atom stereocenters. The summed E-state index contributed by atoms with van der Waals surface area (Å²) in [5.74, 6) is -0.332. The molecule has 0 atom stereocenters. The zero-order valence-corrected chi connectivity index (χ0v) is 14.8. The van der Waals surface area contributed by atoms with Crippen LogP contribution in [0.4, 0.5) is 5.69 Å². The number of esters is 2. The molecule has 1 aliphatic carbocycles. The van der Waals surface area contributed by atoms with Crippen LogP contribution in [0, 0.1) is 11.3 Å². The van der Waals surface area contributed by atoms with Crippen molar-refractivity contribution < 1.29 is 19.1 Å². The molecule has 1 aliphatic heterocycles. The van der Waals surface area contributed by atoms with Gasteiger partial charge < -0.3 is 10.5 Å². The summed E-state index contributed by atoms with van der Waals surface area (Å²) in [4.78, 5) is 30.5. The number of anilines is 1. The van der Waals surface area contributed by atoms with Gasteiger partial charge in [0.1, 0.15) is 11.9 Å². The standard InChI is InChI=1S/C7H5BrN2.C6H10O.C4H4O3/c8-7-3-6(10)2-1-5(7)4-9;7-6-4-2-1-3-5-6;5-3-1-2-4(6)7-3/h1-3H,10H2;1-5H2;1-2H2. The second-order valence-corrected chi connectivity index (χ2v) is 6.15. The van der Waals surface area contributed by atoms with E-state index in [1.807, 2.05) is 6.07 Å². The Kier molecular flexibility index (Phi) is 8.72. The zero-order chi connectivity index (χ0) is 17.9. The Balaban J connectivity index is 0.000000185. The molecular weight excluding hydrogens is 376 g/mol. The van der Waals surface area contributed by atoms with Crippen molar-refractivity contribution >= 4 is 39.3 Å². The molecule has 0 amide bonds. The maximum absolute atomic E-state index is 10.5. The lowest BCUT2D eigenvalue weighted by atomic mass is 10.00. The predicted molar refractivity (Wildman–Crippen MR) is 91.7 cm³/mol. The van der Waals surface area contributed by atoms with Crippen LogP contribution in [-0.2, 0) is 19.1 Å². The first-order valence-corrected chi connectivity index (χ1v) is 8.42. The summed E-state index contributed by atoms with van der Waals surface area (Å²) in [7, 11) is 0. The van der Waals surface area contributed by atoms with E-state index in [2.05, 4.69) is 20.7 Å². The van der Waals surface area contributed by atoms with Gasteiger partial charge in [-0.3, -0.25) is 14.4 Å². The summed E-state index contributed by atoms with van der Waals surface area (Å²) < 4.78 is 4.83. The second-order valence-electron chi connectivity index (χ2n) is 5.30. The number of nitriles is 1. The van der Waals surface area contributed by atoms with Crippen LogP contribution in [0.25, 0.3) is 0 Å². The average Bonchev–Trinajstić information content (AvgIpc) is 2.93. The molecule has 1 heterocycles. The molecule has 1 saturated heterocycles. The van der Waals surface area contributed by atoms with E-state index in [0.717, 1.165) is 30.2 Å². The third-order valence-electron chi connectivity index (χ3n) is 3.29. The number of ether oxygens (including phenoxy) is 1. The summed E-state index contributed by atoms with van der Waals surface area (Å²) in [5.41, 5.74) is 6.71. The van der Waals surface area contributed by atoms with Gasteiger partial charge in [-0.1, -0.05) is 6.42 Å². The number of rotatable bonds is 0. The van der Waals surface area contributed by atoms with E-state index in [9.17, 15) is 14.4 Å². The van der Waals surface area contributed by atoms with Gasteiger partial charge in [0.25, 0.3) is 0 Å². The molecule has 1 aromatic rings. The molecule has 128 valence electrons. The minimum absolute atomic E-state index is 0.263. The van der Waals surface area contributed by atoms with Crippen LogP contribution in [0.3, 0.4) is 0 Å². The fourth-order valence-corrected chi connectivity index (χ4v) is 2.49. The number of hydrogen-bond donors (Lipinski definition) is 1. The molecule has 3 rings (SSSR count). The molecule has 7 heteroatoms. The number of nitrogen functional groups attached to an aromatic ring is 1. The third-order valence-corrected chi connectivity index (χ3v) is 3.94. The Labute approximate surface area is 149 Å². The summed E-state index contributed by atoms with van der Waals surface area (Å²) in [5, 5.41) is 8.49. The first-order chi connectivity index (χ1) is 11.4. The van der Waals surface area contributed by atoms with Crippen molar-refractivity contribution in [1.82, 2.24) is 0 Å². The van der Waals surface area contributed by atoms with Gasteiger partial charge in [-0.2, -0.15) is 5.26 Å². The molecule has 6 nitrogen and oxygen atoms in total. The topological polar surface area (TPSA) is 110 Å². The molecule has 2 N–H and O–H groups in total. The second kappa shape index (κ2) is 10.6. The first kappa shape index (κ1) is 19.8. The molecule has 1 saturated carbocycles. The quantitative estimate of drug-likeness (QED) is 0.410. The molecule has 24 heavy (non-hydrogen) atoms. The highest BCUT2D eigenvalue weighted by Gasteiger charge is 2.19. The number of ketones is 1. The molecule has 1 aromatic carbocycles. The van der Waals surface area contributed by atoms with Crippen LogP contribution in [-0.4, -0.2) is 17.7 Å². The molecular formula is C17H19BrN2O4. The van der Waals surface area contributed by atoms with Crippen molar-refractivity contribution in [2.75, 3.05) is 5.73 Å². The maximum Gasteiger partial charge on any atom is 0.314 e. The van der Waals surface area contributed by atoms with Gasteiger partial charge in [0.15, 0.2) is 0 Å². The van der Waals surface area contributed by atoms with E-state index in [0.29, 0.717) is 17.0 Å². The Morgan fingerprint density at radius 1 is 1.00 bits per heavy atom. The van der Waals surface area contributed by atoms with Crippen molar-refractivity contribution in [2.45, 2.75) is 44.9 Å². The minimum Gasteiger partial charge on any atom is -0.399 e. The molecule has 0 aromatic heterocycles. The highest BCUT2D eigenvalue weighted by atomic mass is 79.9. The minimum atomic E-state index is -0.398. The average molecular weight is 395 g/mol. The Bertz CT molecular complexity index is 630. The van der Waals surface area contributed by atoms with E-state index in [1.165, 1.54) is 6.42 Å². The van der Waals surface area contributed by atoms with Crippen molar-refractivity contribution in [3.8, 4) is 6.07 Å². The van der Waals surface area contributed by atoms with Crippen LogP contribution in [0.1, 0.15) is 50.5 Å². The number of hydrogen-bond acceptors (Lipinski definition) is 6. The number of cyclic esters (lactones) is 2. The van der Waals surface area contributed by atoms with Gasteiger partial charge in [0.05, 0.1) is 18.4 Å². The number of carbonyl (C=O) groups is 3. The summed E-state index contributed by atoms with van der Waals surface area (Å²) >= 11 is 3.20. The summed E-state index contributed by atoms with van der Waals surface area (Å²) in [6.07, 6.45) is 5.76. The molecule has 2 aliphatic rings. The van der Waals surface area contributed by atoms with Crippen LogP contribution in [0.15, 0.2) is 22.7 Å². The first-order valence-electron chi connectivity index (χ1n) is 7.62. The summed E-state index contributed by atoms with van der Waals surface area (Å²) in [6, 6.07) is 7.10. The van der Waals surface area contributed by atoms with E-state index < -0.39 is 11.9 Å². The van der Waals surface area contributed by atoms with Gasteiger partial charge in [0.2, 0.25) is 0 Å². The normalized spacial score (nSPS) is 16.1. The highest BCUT2D eigenvalue weighted by Crippen LogP contribution is 2.18. The van der Waals surface area contributed by atoms with Gasteiger partial charge in [-0.05, 0) is 47.0 Å². The van der Waals surface area contributed by atoms with Crippen LogP contribution in [0.5, 0.6) is 0 Å². The number of Topliss-reactive ketones (excluding diaryl/α,β-unsaturated/α-hetero) is 1. The summed E-state index contributed by atoms with van der Waals surface area (Å²) in [6.45, 7) is 0. The smallest absolute Gasteiger partial charge is 0.314 e. The number of halogens is 1. The molecule has 0 spiro atoms. The SMILES string of the molecule is N#Cc1ccc(N)cc1Br.O=C1CCC(=O)O1.O=C1CCCCC1. The van der Waals surface area contributed by atoms with Crippen molar-refractivity contribution in [3.05, 3.63) is 28.2 Å². The highest BCUT2D eigenvalue weighted by molar-refractivity contribution is 9.10. The van der Waals surface area contributed by atoms with Crippen LogP contribution in [0.2, 0.25) is 0 Å². The van der Waals surface area contributed by atoms with Crippen molar-refractivity contribution in [2.24, 2.45) is 0 Å². The van der Waals surface area contributed by atoms with E-state index in [1.54, 1.807) is 18.2 Å². The van der Waals surface area contributed by atoms with Gasteiger partial charge in [-0.25, -0.2) is 0 Å². The van der Waals surface area contributed by atoms with E-state index in [4.69, 9.17) is 11.0 Å². The largest absolute Gasteiger partial charge is 0.399 e.